The van der Waals surface area contributed by atoms with Crippen LogP contribution in [0.4, 0.5) is 4.79 Å². The fraction of sp³-hybridized carbons (Fsp3) is 0.792. The minimum Gasteiger partial charge on any atom is -0.458 e. The topological polar surface area (TPSA) is 105 Å². The highest BCUT2D eigenvalue weighted by Gasteiger charge is 2.70. The minimum absolute atomic E-state index is 0.0342. The average molecular weight is 431 g/mol. The highest BCUT2D eigenvalue weighted by Crippen LogP contribution is 2.69. The zero-order chi connectivity index (χ0) is 22.2. The average Bonchev–Trinajstić information content (AvgIpc) is 3.23. The van der Waals surface area contributed by atoms with E-state index in [1.165, 1.54) is 0 Å². The Labute approximate surface area is 183 Å². The van der Waals surface area contributed by atoms with E-state index in [1.54, 1.807) is 13.1 Å². The Balaban J connectivity index is 1.59. The van der Waals surface area contributed by atoms with Crippen molar-refractivity contribution >= 4 is 17.8 Å². The van der Waals surface area contributed by atoms with E-state index in [2.05, 4.69) is 24.5 Å². The van der Waals surface area contributed by atoms with E-state index in [9.17, 15) is 19.5 Å². The van der Waals surface area contributed by atoms with Crippen molar-refractivity contribution in [3.8, 4) is 0 Å². The highest BCUT2D eigenvalue weighted by molar-refractivity contribution is 5.91. The molecule has 1 heterocycles. The fourth-order valence-corrected chi connectivity index (χ4v) is 8.34. The maximum absolute atomic E-state index is 12.4. The van der Waals surface area contributed by atoms with Gasteiger partial charge >= 0.3 is 12.0 Å². The molecule has 0 bridgehead atoms. The van der Waals surface area contributed by atoms with Crippen molar-refractivity contribution in [1.82, 2.24) is 10.6 Å². The molecule has 4 aliphatic carbocycles. The minimum atomic E-state index is -0.573. The number of esters is 1. The second-order valence-electron chi connectivity index (χ2n) is 11.0. The summed E-state index contributed by atoms with van der Waals surface area (Å²) in [5.74, 6) is 0.278. The van der Waals surface area contributed by atoms with Gasteiger partial charge in [-0.1, -0.05) is 19.4 Å². The quantitative estimate of drug-likeness (QED) is 0.555. The predicted molar refractivity (Wildman–Crippen MR) is 113 cm³/mol. The van der Waals surface area contributed by atoms with Crippen molar-refractivity contribution in [3.05, 3.63) is 11.6 Å². The van der Waals surface area contributed by atoms with Crippen molar-refractivity contribution in [1.29, 1.82) is 0 Å². The molecule has 8 atom stereocenters. The van der Waals surface area contributed by atoms with Crippen LogP contribution < -0.4 is 10.6 Å². The van der Waals surface area contributed by atoms with Crippen LogP contribution in [-0.4, -0.2) is 47.7 Å². The molecule has 0 aromatic rings. The molecule has 5 unspecified atom stereocenters. The maximum Gasteiger partial charge on any atom is 0.314 e. The number of fused-ring (bicyclic) bond motifs is 6. The Morgan fingerprint density at radius 1 is 1.19 bits per heavy atom. The summed E-state index contributed by atoms with van der Waals surface area (Å²) in [6.45, 7) is 4.39. The first-order valence-electron chi connectivity index (χ1n) is 11.8. The number of carbonyl (C=O) groups is 3. The molecule has 4 fully saturated rings. The number of carbonyl (C=O) groups excluding carboxylic acids is 3. The second-order valence-corrected chi connectivity index (χ2v) is 11.0. The Bertz CT molecular complexity index is 870. The lowest BCUT2D eigenvalue weighted by atomic mass is 9.44. The normalized spacial score (nSPS) is 48.4. The van der Waals surface area contributed by atoms with E-state index in [0.29, 0.717) is 32.1 Å². The molecule has 0 aromatic heterocycles. The highest BCUT2D eigenvalue weighted by atomic mass is 16.6. The lowest BCUT2D eigenvalue weighted by Crippen LogP contribution is -2.65. The van der Waals surface area contributed by atoms with E-state index in [0.717, 1.165) is 24.8 Å². The molecule has 0 radical (unpaired) electrons. The predicted octanol–water partition coefficient (Wildman–Crippen LogP) is 2.47. The summed E-state index contributed by atoms with van der Waals surface area (Å²) >= 11 is 0. The van der Waals surface area contributed by atoms with Gasteiger partial charge in [0.2, 0.25) is 0 Å². The Kier molecular flexibility index (Phi) is 4.60. The van der Waals surface area contributed by atoms with Gasteiger partial charge in [-0.25, -0.2) is 4.79 Å². The molecule has 1 aliphatic heterocycles. The number of amides is 2. The van der Waals surface area contributed by atoms with Gasteiger partial charge in [0, 0.05) is 31.3 Å². The van der Waals surface area contributed by atoms with Gasteiger partial charge in [0.25, 0.3) is 0 Å². The number of nitrogens with one attached hydrogen (secondary N) is 2. The third-order valence-corrected chi connectivity index (χ3v) is 9.83. The van der Waals surface area contributed by atoms with Crippen LogP contribution in [0.25, 0.3) is 0 Å². The zero-order valence-corrected chi connectivity index (χ0v) is 18.7. The molecule has 1 saturated heterocycles. The summed E-state index contributed by atoms with van der Waals surface area (Å²) in [7, 11) is 1.60. The molecule has 7 nitrogen and oxygen atoms in total. The summed E-state index contributed by atoms with van der Waals surface area (Å²) in [4.78, 5) is 36.7. The van der Waals surface area contributed by atoms with E-state index < -0.39 is 11.7 Å². The first-order chi connectivity index (χ1) is 14.6. The van der Waals surface area contributed by atoms with Crippen molar-refractivity contribution < 1.29 is 24.2 Å². The number of aliphatic hydroxyl groups excluding tert-OH is 1. The maximum atomic E-state index is 12.4. The molecule has 5 aliphatic rings. The SMILES string of the molecule is CNC(=O)NC1CC2=CC(=O)CC[C@]2(C)C2C(O)C[C@@]3(C)C(CC[C@@]34CCC(=O)O4)C12. The third-order valence-electron chi connectivity index (χ3n) is 9.83. The molecular formula is C24H34N2O5. The van der Waals surface area contributed by atoms with E-state index in [-0.39, 0.29) is 52.4 Å². The lowest BCUT2D eigenvalue weighted by Gasteiger charge is -2.62. The number of aliphatic hydroxyl groups is 1. The molecule has 1 spiro atoms. The van der Waals surface area contributed by atoms with Gasteiger partial charge in [-0.3, -0.25) is 9.59 Å². The summed E-state index contributed by atoms with van der Waals surface area (Å²) in [6, 6.07) is -0.404. The summed E-state index contributed by atoms with van der Waals surface area (Å²) < 4.78 is 5.99. The van der Waals surface area contributed by atoms with Crippen LogP contribution >= 0.6 is 0 Å². The molecule has 3 saturated carbocycles. The largest absolute Gasteiger partial charge is 0.458 e. The van der Waals surface area contributed by atoms with Gasteiger partial charge in [0.1, 0.15) is 5.60 Å². The molecule has 31 heavy (non-hydrogen) atoms. The Hall–Kier alpha value is -1.89. The van der Waals surface area contributed by atoms with Gasteiger partial charge < -0.3 is 20.5 Å². The van der Waals surface area contributed by atoms with Crippen LogP contribution in [0.3, 0.4) is 0 Å². The zero-order valence-electron chi connectivity index (χ0n) is 18.7. The molecule has 3 N–H and O–H groups in total. The number of ketones is 1. The van der Waals surface area contributed by atoms with E-state index in [1.807, 2.05) is 0 Å². The standard InChI is InChI=1S/C24H34N2O5/c1-22-7-4-14(27)10-13(22)11-16(26-21(30)25-3)19-15-5-8-24(9-6-18(29)31-24)23(15,2)12-17(28)20(19)22/h10,15-17,19-20,28H,4-9,11-12H2,1-3H3,(H2,25,26,30)/t15?,16?,17?,19?,20?,22-,23-,24+/m0/s1. The van der Waals surface area contributed by atoms with Crippen LogP contribution in [0.1, 0.15) is 65.2 Å². The number of ether oxygens (including phenoxy) is 1. The Morgan fingerprint density at radius 3 is 2.65 bits per heavy atom. The molecule has 0 aromatic carbocycles. The molecule has 2 amide bonds. The van der Waals surface area contributed by atoms with Crippen molar-refractivity contribution in [3.63, 3.8) is 0 Å². The molecule has 170 valence electrons. The van der Waals surface area contributed by atoms with Crippen molar-refractivity contribution in [2.45, 2.75) is 83.0 Å². The van der Waals surface area contributed by atoms with Crippen LogP contribution in [0, 0.1) is 28.6 Å². The van der Waals surface area contributed by atoms with Crippen LogP contribution in [0.2, 0.25) is 0 Å². The summed E-state index contributed by atoms with van der Waals surface area (Å²) in [6.07, 6.45) is 6.58. The number of rotatable bonds is 1. The number of hydrogen-bond donors (Lipinski definition) is 3. The first kappa shape index (κ1) is 21.0. The van der Waals surface area contributed by atoms with Gasteiger partial charge in [-0.05, 0) is 67.8 Å². The van der Waals surface area contributed by atoms with Gasteiger partial charge in [-0.15, -0.1) is 0 Å². The summed E-state index contributed by atoms with van der Waals surface area (Å²) in [5, 5.41) is 17.4. The van der Waals surface area contributed by atoms with Crippen molar-refractivity contribution in [2.24, 2.45) is 28.6 Å². The Morgan fingerprint density at radius 2 is 1.97 bits per heavy atom. The van der Waals surface area contributed by atoms with Crippen LogP contribution in [0.5, 0.6) is 0 Å². The molecule has 5 rings (SSSR count). The van der Waals surface area contributed by atoms with Crippen molar-refractivity contribution in [2.75, 3.05) is 7.05 Å². The van der Waals surface area contributed by atoms with Gasteiger partial charge in [0.05, 0.1) is 6.10 Å². The van der Waals surface area contributed by atoms with Gasteiger partial charge in [-0.2, -0.15) is 0 Å². The fourth-order valence-electron chi connectivity index (χ4n) is 8.34. The van der Waals surface area contributed by atoms with Crippen LogP contribution in [-0.2, 0) is 14.3 Å². The van der Waals surface area contributed by atoms with Crippen LogP contribution in [0.15, 0.2) is 11.6 Å². The monoisotopic (exact) mass is 430 g/mol. The van der Waals surface area contributed by atoms with Gasteiger partial charge in [0.15, 0.2) is 5.78 Å². The van der Waals surface area contributed by atoms with E-state index in [4.69, 9.17) is 4.74 Å². The number of urea groups is 1. The molecule has 7 heteroatoms. The van der Waals surface area contributed by atoms with E-state index >= 15 is 0 Å². The number of hydrogen-bond acceptors (Lipinski definition) is 5. The third kappa shape index (κ3) is 2.77. The molecular weight excluding hydrogens is 396 g/mol. The smallest absolute Gasteiger partial charge is 0.314 e. The lowest BCUT2D eigenvalue weighted by molar-refractivity contribution is -0.187. The second kappa shape index (κ2) is 6.80. The first-order valence-corrected chi connectivity index (χ1v) is 11.8. The summed E-state index contributed by atoms with van der Waals surface area (Å²) in [5.41, 5.74) is -0.000990.